The van der Waals surface area contributed by atoms with Crippen molar-refractivity contribution >= 4 is 12.0 Å². The number of imide groups is 1. The van der Waals surface area contributed by atoms with Crippen molar-refractivity contribution in [3.8, 4) is 0 Å². The van der Waals surface area contributed by atoms with Crippen LogP contribution >= 0.6 is 0 Å². The third-order valence-electron chi connectivity index (χ3n) is 2.41. The Bertz CT molecular complexity index is 220. The van der Waals surface area contributed by atoms with Gasteiger partial charge in [0.25, 0.3) is 5.91 Å². The molecule has 2 aliphatic heterocycles. The minimum atomic E-state index is -0.501. The molecule has 2 rings (SSSR count). The first-order chi connectivity index (χ1) is 6.27. The number of amides is 2. The van der Waals surface area contributed by atoms with Crippen molar-refractivity contribution in [3.63, 3.8) is 0 Å². The molecule has 0 bridgehead atoms. The van der Waals surface area contributed by atoms with Crippen molar-refractivity contribution in [2.75, 3.05) is 19.7 Å². The number of nitrogens with one attached hydrogen (secondary N) is 1. The summed E-state index contributed by atoms with van der Waals surface area (Å²) in [7, 11) is 0. The van der Waals surface area contributed by atoms with Gasteiger partial charge in [0.15, 0.2) is 6.61 Å². The summed E-state index contributed by atoms with van der Waals surface area (Å²) in [5.74, 6) is -0.223. The number of cyclic esters (lactones) is 1. The lowest BCUT2D eigenvalue weighted by molar-refractivity contribution is -0.126. The van der Waals surface area contributed by atoms with E-state index in [1.165, 1.54) is 4.90 Å². The molecule has 0 aliphatic carbocycles. The van der Waals surface area contributed by atoms with Crippen molar-refractivity contribution in [2.45, 2.75) is 18.9 Å². The summed E-state index contributed by atoms with van der Waals surface area (Å²) < 4.78 is 4.60. The van der Waals surface area contributed by atoms with Crippen molar-refractivity contribution in [2.24, 2.45) is 0 Å². The van der Waals surface area contributed by atoms with Crippen LogP contribution in [-0.2, 0) is 9.53 Å². The maximum Gasteiger partial charge on any atom is 0.417 e. The van der Waals surface area contributed by atoms with Crippen molar-refractivity contribution in [1.82, 2.24) is 10.2 Å². The van der Waals surface area contributed by atoms with Crippen LogP contribution < -0.4 is 5.32 Å². The van der Waals surface area contributed by atoms with Crippen LogP contribution in [0, 0.1) is 0 Å². The normalized spacial score (nSPS) is 28.3. The number of carbonyl (C=O) groups excluding carboxylic acids is 2. The summed E-state index contributed by atoms with van der Waals surface area (Å²) in [4.78, 5) is 23.3. The highest BCUT2D eigenvalue weighted by Crippen LogP contribution is 2.11. The first-order valence-electron chi connectivity index (χ1n) is 4.48. The number of carbonyl (C=O) groups is 2. The molecular weight excluding hydrogens is 172 g/mol. The average molecular weight is 184 g/mol. The Balaban J connectivity index is 1.92. The Labute approximate surface area is 76.0 Å². The summed E-state index contributed by atoms with van der Waals surface area (Å²) in [6.07, 6.45) is 1.64. The molecule has 5 heteroatoms. The van der Waals surface area contributed by atoms with Crippen LogP contribution in [0.25, 0.3) is 0 Å². The third kappa shape index (κ3) is 1.65. The minimum absolute atomic E-state index is 0.0917. The van der Waals surface area contributed by atoms with Crippen LogP contribution in [0.5, 0.6) is 0 Å². The summed E-state index contributed by atoms with van der Waals surface area (Å²) >= 11 is 0. The number of ether oxygens (including phenoxy) is 1. The van der Waals surface area contributed by atoms with Crippen molar-refractivity contribution in [1.29, 1.82) is 0 Å². The molecule has 2 amide bonds. The molecule has 0 aromatic carbocycles. The highest BCUT2D eigenvalue weighted by Gasteiger charge is 2.33. The van der Waals surface area contributed by atoms with Gasteiger partial charge >= 0.3 is 6.09 Å². The van der Waals surface area contributed by atoms with E-state index in [9.17, 15) is 9.59 Å². The smallest absolute Gasteiger partial charge is 0.417 e. The molecule has 0 radical (unpaired) electrons. The van der Waals surface area contributed by atoms with Gasteiger partial charge in [0.2, 0.25) is 0 Å². The van der Waals surface area contributed by atoms with Gasteiger partial charge in [0.1, 0.15) is 0 Å². The van der Waals surface area contributed by atoms with Gasteiger partial charge in [-0.3, -0.25) is 4.79 Å². The van der Waals surface area contributed by atoms with Crippen molar-refractivity contribution < 1.29 is 14.3 Å². The van der Waals surface area contributed by atoms with Gasteiger partial charge in [-0.2, -0.15) is 0 Å². The van der Waals surface area contributed by atoms with E-state index in [4.69, 9.17) is 0 Å². The van der Waals surface area contributed by atoms with Gasteiger partial charge in [0, 0.05) is 12.6 Å². The quantitative estimate of drug-likeness (QED) is 0.641. The van der Waals surface area contributed by atoms with Crippen LogP contribution in [0.3, 0.4) is 0 Å². The second-order valence-electron chi connectivity index (χ2n) is 3.35. The second kappa shape index (κ2) is 3.33. The monoisotopic (exact) mass is 184 g/mol. The summed E-state index contributed by atoms with van der Waals surface area (Å²) in [5, 5.41) is 3.22. The Morgan fingerprint density at radius 1 is 1.54 bits per heavy atom. The summed E-state index contributed by atoms with van der Waals surface area (Å²) in [6, 6.07) is 0.259. The fourth-order valence-corrected chi connectivity index (χ4v) is 1.69. The fraction of sp³-hybridized carbons (Fsp3) is 0.750. The molecule has 1 unspecified atom stereocenters. The largest absolute Gasteiger partial charge is 0.439 e. The summed E-state index contributed by atoms with van der Waals surface area (Å²) in [5.41, 5.74) is 0. The SMILES string of the molecule is O=C1COC(=O)N1CC1CCCN1. The van der Waals surface area contributed by atoms with Gasteiger partial charge in [0.05, 0.1) is 0 Å². The van der Waals surface area contributed by atoms with Crippen LogP contribution in [0.2, 0.25) is 0 Å². The lowest BCUT2D eigenvalue weighted by Gasteiger charge is -2.15. The van der Waals surface area contributed by atoms with E-state index in [1.54, 1.807) is 0 Å². The van der Waals surface area contributed by atoms with Crippen LogP contribution in [0.15, 0.2) is 0 Å². The lowest BCUT2D eigenvalue weighted by Crippen LogP contribution is -2.40. The molecule has 0 saturated carbocycles. The third-order valence-corrected chi connectivity index (χ3v) is 2.41. The molecule has 2 saturated heterocycles. The Kier molecular flexibility index (Phi) is 2.18. The second-order valence-corrected chi connectivity index (χ2v) is 3.35. The van der Waals surface area contributed by atoms with E-state index < -0.39 is 6.09 Å². The van der Waals surface area contributed by atoms with Crippen LogP contribution in [0.1, 0.15) is 12.8 Å². The van der Waals surface area contributed by atoms with Crippen LogP contribution in [-0.4, -0.2) is 42.6 Å². The van der Waals surface area contributed by atoms with E-state index in [-0.39, 0.29) is 18.6 Å². The van der Waals surface area contributed by atoms with E-state index in [0.29, 0.717) is 6.54 Å². The Hall–Kier alpha value is -1.10. The topological polar surface area (TPSA) is 58.6 Å². The van der Waals surface area contributed by atoms with Crippen LogP contribution in [0.4, 0.5) is 4.79 Å². The molecule has 1 atom stereocenters. The molecule has 5 nitrogen and oxygen atoms in total. The minimum Gasteiger partial charge on any atom is -0.439 e. The number of hydrogen-bond acceptors (Lipinski definition) is 4. The lowest BCUT2D eigenvalue weighted by atomic mass is 10.2. The van der Waals surface area contributed by atoms with Gasteiger partial charge < -0.3 is 10.1 Å². The zero-order valence-corrected chi connectivity index (χ0v) is 7.28. The maximum atomic E-state index is 11.1. The molecule has 2 fully saturated rings. The average Bonchev–Trinajstić information content (AvgIpc) is 2.70. The molecule has 0 aromatic rings. The predicted octanol–water partition coefficient (Wildman–Crippen LogP) is -0.283. The standard InChI is InChI=1S/C8H12N2O3/c11-7-5-13-8(12)10(7)4-6-2-1-3-9-6/h6,9H,1-5H2. The number of nitrogens with zero attached hydrogens (tertiary/aromatic N) is 1. The van der Waals surface area contributed by atoms with E-state index in [1.807, 2.05) is 0 Å². The van der Waals surface area contributed by atoms with Gasteiger partial charge in [-0.05, 0) is 19.4 Å². The highest BCUT2D eigenvalue weighted by atomic mass is 16.6. The first-order valence-corrected chi connectivity index (χ1v) is 4.48. The highest BCUT2D eigenvalue weighted by molar-refractivity contribution is 5.97. The van der Waals surface area contributed by atoms with E-state index >= 15 is 0 Å². The Morgan fingerprint density at radius 2 is 2.38 bits per heavy atom. The summed E-state index contributed by atoms with van der Waals surface area (Å²) in [6.45, 7) is 1.34. The molecular formula is C8H12N2O3. The molecule has 2 heterocycles. The number of rotatable bonds is 2. The maximum absolute atomic E-state index is 11.1. The molecule has 0 spiro atoms. The molecule has 0 aromatic heterocycles. The van der Waals surface area contributed by atoms with Gasteiger partial charge in [-0.25, -0.2) is 9.69 Å². The molecule has 72 valence electrons. The molecule has 1 N–H and O–H groups in total. The van der Waals surface area contributed by atoms with E-state index in [2.05, 4.69) is 10.1 Å². The van der Waals surface area contributed by atoms with Gasteiger partial charge in [-0.1, -0.05) is 0 Å². The zero-order valence-electron chi connectivity index (χ0n) is 7.28. The first kappa shape index (κ1) is 8.50. The number of hydrogen-bond donors (Lipinski definition) is 1. The van der Waals surface area contributed by atoms with E-state index in [0.717, 1.165) is 19.4 Å². The van der Waals surface area contributed by atoms with Crippen molar-refractivity contribution in [3.05, 3.63) is 0 Å². The van der Waals surface area contributed by atoms with Gasteiger partial charge in [-0.15, -0.1) is 0 Å². The Morgan fingerprint density at radius 3 is 2.92 bits per heavy atom. The molecule has 2 aliphatic rings. The zero-order chi connectivity index (χ0) is 9.26. The predicted molar refractivity (Wildman–Crippen MR) is 44.1 cm³/mol. The fourth-order valence-electron chi connectivity index (χ4n) is 1.69. The molecule has 13 heavy (non-hydrogen) atoms.